The third kappa shape index (κ3) is 3.23. The van der Waals surface area contributed by atoms with E-state index in [9.17, 15) is 13.6 Å². The summed E-state index contributed by atoms with van der Waals surface area (Å²) in [5.41, 5.74) is 6.50. The molecule has 25 heavy (non-hydrogen) atoms. The summed E-state index contributed by atoms with van der Waals surface area (Å²) in [5.74, 6) is -0.642. The van der Waals surface area contributed by atoms with Gasteiger partial charge in [0, 0.05) is 7.05 Å². The van der Waals surface area contributed by atoms with Crippen molar-refractivity contribution in [1.29, 1.82) is 0 Å². The van der Waals surface area contributed by atoms with E-state index in [1.54, 1.807) is 37.2 Å². The van der Waals surface area contributed by atoms with E-state index in [1.165, 1.54) is 28.9 Å². The van der Waals surface area contributed by atoms with Gasteiger partial charge in [-0.15, -0.1) is 0 Å². The van der Waals surface area contributed by atoms with Crippen LogP contribution in [0.5, 0.6) is 0 Å². The van der Waals surface area contributed by atoms with Gasteiger partial charge in [-0.25, -0.2) is 18.4 Å². The van der Waals surface area contributed by atoms with E-state index in [0.717, 1.165) is 5.56 Å². The third-order valence-electron chi connectivity index (χ3n) is 3.92. The van der Waals surface area contributed by atoms with E-state index >= 15 is 0 Å². The van der Waals surface area contributed by atoms with Gasteiger partial charge >= 0.3 is 0 Å². The van der Waals surface area contributed by atoms with Crippen LogP contribution >= 0.6 is 0 Å². The molecule has 1 aromatic heterocycles. The Labute approximate surface area is 143 Å². The lowest BCUT2D eigenvalue weighted by atomic mass is 10.2. The summed E-state index contributed by atoms with van der Waals surface area (Å²) >= 11 is 0. The lowest BCUT2D eigenvalue weighted by Crippen LogP contribution is -2.43. The van der Waals surface area contributed by atoms with Crippen molar-refractivity contribution in [2.45, 2.75) is 19.5 Å². The van der Waals surface area contributed by atoms with Gasteiger partial charge in [-0.2, -0.15) is 0 Å². The van der Waals surface area contributed by atoms with E-state index in [4.69, 9.17) is 5.73 Å². The monoisotopic (exact) mass is 344 g/mol. The van der Waals surface area contributed by atoms with Crippen molar-refractivity contribution in [3.63, 3.8) is 0 Å². The van der Waals surface area contributed by atoms with Crippen molar-refractivity contribution in [2.75, 3.05) is 12.1 Å². The smallest absolute Gasteiger partial charge is 0.283 e. The molecule has 0 saturated heterocycles. The Bertz CT molecular complexity index is 967. The number of fused-ring (bicyclic) bond motifs is 1. The van der Waals surface area contributed by atoms with E-state index in [0.29, 0.717) is 12.4 Å². The molecular weight excluding hydrogens is 326 g/mol. The van der Waals surface area contributed by atoms with E-state index < -0.39 is 17.4 Å². The average Bonchev–Trinajstić information content (AvgIpc) is 2.56. The van der Waals surface area contributed by atoms with E-state index in [1.807, 2.05) is 0 Å². The van der Waals surface area contributed by atoms with Crippen molar-refractivity contribution < 1.29 is 8.78 Å². The summed E-state index contributed by atoms with van der Waals surface area (Å²) in [4.78, 5) is 17.3. The van der Waals surface area contributed by atoms with Crippen LogP contribution in [0.1, 0.15) is 24.4 Å². The largest absolute Gasteiger partial charge is 0.322 e. The highest BCUT2D eigenvalue weighted by molar-refractivity contribution is 5.78. The molecule has 0 aliphatic carbocycles. The summed E-state index contributed by atoms with van der Waals surface area (Å²) in [6.45, 7) is 2.01. The minimum atomic E-state index is -0.629. The van der Waals surface area contributed by atoms with E-state index in [-0.39, 0.29) is 16.7 Å². The van der Waals surface area contributed by atoms with Crippen LogP contribution in [0.3, 0.4) is 0 Å². The molecule has 130 valence electrons. The zero-order valence-electron chi connectivity index (χ0n) is 13.9. The highest BCUT2D eigenvalue weighted by Crippen LogP contribution is 2.16. The number of benzene rings is 2. The summed E-state index contributed by atoms with van der Waals surface area (Å²) in [6.07, 6.45) is 0. The zero-order valence-corrected chi connectivity index (χ0v) is 13.9. The number of nitrogens with two attached hydrogens (primary N) is 1. The fourth-order valence-electron chi connectivity index (χ4n) is 2.75. The Morgan fingerprint density at radius 2 is 1.88 bits per heavy atom. The number of nitrogens with zero attached hydrogens (tertiary/aromatic N) is 3. The predicted octanol–water partition coefficient (Wildman–Crippen LogP) is 2.46. The highest BCUT2D eigenvalue weighted by Gasteiger charge is 2.19. The first-order chi connectivity index (χ1) is 11.9. The van der Waals surface area contributed by atoms with Crippen molar-refractivity contribution in [2.24, 2.45) is 5.73 Å². The van der Waals surface area contributed by atoms with Crippen LogP contribution in [0, 0.1) is 11.6 Å². The van der Waals surface area contributed by atoms with Crippen molar-refractivity contribution in [1.82, 2.24) is 9.66 Å². The van der Waals surface area contributed by atoms with Crippen LogP contribution in [0.25, 0.3) is 10.9 Å². The molecule has 0 aliphatic rings. The topological polar surface area (TPSA) is 64.1 Å². The Morgan fingerprint density at radius 1 is 1.20 bits per heavy atom. The molecule has 0 aliphatic heterocycles. The number of hydrogen-bond acceptors (Lipinski definition) is 4. The van der Waals surface area contributed by atoms with Gasteiger partial charge in [-0.3, -0.25) is 4.79 Å². The molecule has 3 aromatic rings. The lowest BCUT2D eigenvalue weighted by molar-refractivity contribution is 0.549. The molecule has 0 unspecified atom stereocenters. The summed E-state index contributed by atoms with van der Waals surface area (Å²) in [6, 6.07) is 9.71. The Morgan fingerprint density at radius 3 is 2.52 bits per heavy atom. The number of hydrogen-bond donors (Lipinski definition) is 1. The second-order valence-electron chi connectivity index (χ2n) is 5.95. The minimum absolute atomic E-state index is 0.0853. The van der Waals surface area contributed by atoms with Crippen molar-refractivity contribution >= 4 is 10.9 Å². The fraction of sp³-hybridized carbons (Fsp3) is 0.222. The molecule has 7 heteroatoms. The molecule has 2 N–H and O–H groups in total. The summed E-state index contributed by atoms with van der Waals surface area (Å²) in [5, 5.41) is 1.51. The van der Waals surface area contributed by atoms with Gasteiger partial charge in [0.1, 0.15) is 22.8 Å². The minimum Gasteiger partial charge on any atom is -0.322 e. The van der Waals surface area contributed by atoms with Crippen molar-refractivity contribution in [3.8, 4) is 0 Å². The normalized spacial score (nSPS) is 12.4. The Kier molecular flexibility index (Phi) is 4.50. The van der Waals surface area contributed by atoms with Crippen LogP contribution in [-0.4, -0.2) is 16.7 Å². The maximum absolute atomic E-state index is 14.1. The van der Waals surface area contributed by atoms with Gasteiger partial charge in [-0.05, 0) is 36.8 Å². The van der Waals surface area contributed by atoms with Gasteiger partial charge in [-0.1, -0.05) is 18.2 Å². The van der Waals surface area contributed by atoms with Crippen LogP contribution in [-0.2, 0) is 6.54 Å². The van der Waals surface area contributed by atoms with Crippen LogP contribution in [0.4, 0.5) is 8.78 Å². The van der Waals surface area contributed by atoms with Gasteiger partial charge in [0.15, 0.2) is 0 Å². The average molecular weight is 344 g/mol. The number of halogens is 2. The molecule has 3 rings (SSSR count). The fourth-order valence-corrected chi connectivity index (χ4v) is 2.75. The molecule has 0 amide bonds. The standard InChI is InChI=1S/C18H18F2N4O/c1-11(21)17-22-15-5-3-4-14(20)16(15)18(25)24(17)23(2)10-12-6-8-13(19)9-7-12/h3-9,11H,10,21H2,1-2H3/t11-/m0/s1. The molecule has 0 saturated carbocycles. The highest BCUT2D eigenvalue weighted by atomic mass is 19.1. The second kappa shape index (κ2) is 6.60. The molecule has 2 aromatic carbocycles. The maximum Gasteiger partial charge on any atom is 0.283 e. The molecule has 0 radical (unpaired) electrons. The van der Waals surface area contributed by atoms with Crippen LogP contribution < -0.4 is 16.3 Å². The summed E-state index contributed by atoms with van der Waals surface area (Å²) < 4.78 is 28.5. The number of aromatic nitrogens is 2. The second-order valence-corrected chi connectivity index (χ2v) is 5.95. The molecule has 1 atom stereocenters. The van der Waals surface area contributed by atoms with Crippen molar-refractivity contribution in [3.05, 3.63) is 75.8 Å². The van der Waals surface area contributed by atoms with Gasteiger partial charge in [0.2, 0.25) is 0 Å². The first-order valence-corrected chi connectivity index (χ1v) is 7.81. The molecule has 5 nitrogen and oxygen atoms in total. The molecule has 0 bridgehead atoms. The first kappa shape index (κ1) is 17.0. The van der Waals surface area contributed by atoms with Crippen LogP contribution in [0.15, 0.2) is 47.3 Å². The van der Waals surface area contributed by atoms with Crippen LogP contribution in [0.2, 0.25) is 0 Å². The molecule has 0 spiro atoms. The number of rotatable bonds is 4. The summed E-state index contributed by atoms with van der Waals surface area (Å²) in [7, 11) is 1.67. The van der Waals surface area contributed by atoms with Gasteiger partial charge < -0.3 is 10.7 Å². The quantitative estimate of drug-likeness (QED) is 0.790. The maximum atomic E-state index is 14.1. The Balaban J connectivity index is 2.14. The third-order valence-corrected chi connectivity index (χ3v) is 3.92. The zero-order chi connectivity index (χ0) is 18.1. The van der Waals surface area contributed by atoms with E-state index in [2.05, 4.69) is 4.98 Å². The molecule has 1 heterocycles. The molecule has 0 fully saturated rings. The predicted molar refractivity (Wildman–Crippen MR) is 92.8 cm³/mol. The lowest BCUT2D eigenvalue weighted by Gasteiger charge is -2.26. The first-order valence-electron chi connectivity index (χ1n) is 7.81. The molecular formula is C18H18F2N4O. The van der Waals surface area contributed by atoms with Gasteiger partial charge in [0.25, 0.3) is 5.56 Å². The SMILES string of the molecule is C[C@H](N)c1nc2cccc(F)c2c(=O)n1N(C)Cc1ccc(F)cc1. The van der Waals surface area contributed by atoms with Gasteiger partial charge in [0.05, 0.1) is 18.1 Å². The Hall–Kier alpha value is -2.80.